The van der Waals surface area contributed by atoms with Gasteiger partial charge in [-0.15, -0.1) is 0 Å². The smallest absolute Gasteiger partial charge is 0.163 e. The second-order valence-electron chi connectivity index (χ2n) is 3.75. The molecule has 4 nitrogen and oxygen atoms in total. The van der Waals surface area contributed by atoms with Crippen LogP contribution in [0.15, 0.2) is 54.1 Å². The van der Waals surface area contributed by atoms with Gasteiger partial charge < -0.3 is 17.2 Å². The second-order valence-corrected chi connectivity index (χ2v) is 3.75. The maximum Gasteiger partial charge on any atom is 0.163 e. The standard InChI is InChI=1S/C14H14O.3CH5N/c15-14(13-8-2-1-3-9-13)11-10-12-6-4-5-7-12;3*1-2/h1-6,8-9H,7,10-11H2;3*2H2,1H3. The number of allylic oxidation sites excluding steroid dienone is 4. The van der Waals surface area contributed by atoms with Gasteiger partial charge in [-0.1, -0.05) is 54.1 Å². The third-order valence-electron chi connectivity index (χ3n) is 2.62. The van der Waals surface area contributed by atoms with E-state index >= 15 is 0 Å². The lowest BCUT2D eigenvalue weighted by Gasteiger charge is -2.01. The van der Waals surface area contributed by atoms with E-state index in [1.54, 1.807) is 0 Å². The molecule has 6 N–H and O–H groups in total. The summed E-state index contributed by atoms with van der Waals surface area (Å²) in [4.78, 5) is 11.8. The fourth-order valence-electron chi connectivity index (χ4n) is 1.72. The maximum absolute atomic E-state index is 11.8. The minimum Gasteiger partial charge on any atom is -0.333 e. The highest BCUT2D eigenvalue weighted by Crippen LogP contribution is 2.17. The number of hydrogen-bond donors (Lipinski definition) is 3. The zero-order valence-electron chi connectivity index (χ0n) is 13.4. The van der Waals surface area contributed by atoms with Crippen molar-refractivity contribution in [2.45, 2.75) is 19.3 Å². The molecule has 0 amide bonds. The predicted octanol–water partition coefficient (Wildman–Crippen LogP) is 2.26. The van der Waals surface area contributed by atoms with E-state index in [1.807, 2.05) is 30.3 Å². The predicted molar refractivity (Wildman–Crippen MR) is 92.2 cm³/mol. The van der Waals surface area contributed by atoms with Crippen molar-refractivity contribution in [3.05, 3.63) is 59.7 Å². The van der Waals surface area contributed by atoms with Crippen LogP contribution >= 0.6 is 0 Å². The van der Waals surface area contributed by atoms with Crippen LogP contribution < -0.4 is 17.2 Å². The van der Waals surface area contributed by atoms with Crippen LogP contribution in [0.1, 0.15) is 29.6 Å². The van der Waals surface area contributed by atoms with E-state index in [0.29, 0.717) is 6.42 Å². The van der Waals surface area contributed by atoms with Crippen molar-refractivity contribution in [1.29, 1.82) is 0 Å². The topological polar surface area (TPSA) is 95.1 Å². The van der Waals surface area contributed by atoms with Gasteiger partial charge in [0.1, 0.15) is 0 Å². The summed E-state index contributed by atoms with van der Waals surface area (Å²) in [5.41, 5.74) is 15.7. The highest BCUT2D eigenvalue weighted by molar-refractivity contribution is 5.96. The number of carbonyl (C=O) groups excluding carboxylic acids is 1. The molecule has 1 aliphatic carbocycles. The van der Waals surface area contributed by atoms with Gasteiger partial charge in [-0.3, -0.25) is 4.79 Å². The maximum atomic E-state index is 11.8. The second kappa shape index (κ2) is 16.3. The molecule has 0 spiro atoms. The zero-order chi connectivity index (χ0) is 16.5. The summed E-state index contributed by atoms with van der Waals surface area (Å²) in [5.74, 6) is 0.239. The molecule has 0 fully saturated rings. The van der Waals surface area contributed by atoms with Gasteiger partial charge in [0.15, 0.2) is 5.78 Å². The molecule has 4 heteroatoms. The Morgan fingerprint density at radius 1 is 1.00 bits per heavy atom. The molecule has 21 heavy (non-hydrogen) atoms. The van der Waals surface area contributed by atoms with Gasteiger partial charge in [0.25, 0.3) is 0 Å². The zero-order valence-corrected chi connectivity index (χ0v) is 13.4. The van der Waals surface area contributed by atoms with Crippen molar-refractivity contribution in [2.75, 3.05) is 21.1 Å². The Bertz CT molecular complexity index is 411. The van der Waals surface area contributed by atoms with E-state index in [9.17, 15) is 4.79 Å². The van der Waals surface area contributed by atoms with Gasteiger partial charge in [0.05, 0.1) is 0 Å². The molecule has 0 heterocycles. The molecule has 0 radical (unpaired) electrons. The van der Waals surface area contributed by atoms with Gasteiger partial charge in [0, 0.05) is 12.0 Å². The first-order valence-corrected chi connectivity index (χ1v) is 7.02. The number of hydrogen-bond acceptors (Lipinski definition) is 4. The molecule has 0 aliphatic heterocycles. The summed E-state index contributed by atoms with van der Waals surface area (Å²) in [6.45, 7) is 0. The molecule has 0 unspecified atom stereocenters. The molecule has 0 aromatic heterocycles. The van der Waals surface area contributed by atoms with E-state index in [0.717, 1.165) is 18.4 Å². The lowest BCUT2D eigenvalue weighted by Crippen LogP contribution is -1.98. The molecule has 1 aromatic carbocycles. The van der Waals surface area contributed by atoms with Crippen molar-refractivity contribution in [2.24, 2.45) is 17.2 Å². The van der Waals surface area contributed by atoms with E-state index in [-0.39, 0.29) is 5.78 Å². The fourth-order valence-corrected chi connectivity index (χ4v) is 1.72. The van der Waals surface area contributed by atoms with E-state index in [2.05, 4.69) is 35.4 Å². The molecule has 1 aromatic rings. The number of rotatable bonds is 4. The molecular weight excluding hydrogens is 262 g/mol. The summed E-state index contributed by atoms with van der Waals surface area (Å²) in [7, 11) is 4.50. The molecule has 0 saturated heterocycles. The summed E-state index contributed by atoms with van der Waals surface area (Å²) in [6.07, 6.45) is 8.82. The summed E-state index contributed by atoms with van der Waals surface area (Å²) >= 11 is 0. The third kappa shape index (κ3) is 9.73. The lowest BCUT2D eigenvalue weighted by molar-refractivity contribution is 0.0982. The lowest BCUT2D eigenvalue weighted by atomic mass is 10.0. The van der Waals surface area contributed by atoms with Crippen LogP contribution in [0.3, 0.4) is 0 Å². The van der Waals surface area contributed by atoms with Gasteiger partial charge in [0.2, 0.25) is 0 Å². The quantitative estimate of drug-likeness (QED) is 0.741. The van der Waals surface area contributed by atoms with Crippen LogP contribution in [0.2, 0.25) is 0 Å². The number of ketones is 1. The highest BCUT2D eigenvalue weighted by Gasteiger charge is 2.06. The normalized spacial score (nSPS) is 10.9. The van der Waals surface area contributed by atoms with Gasteiger partial charge >= 0.3 is 0 Å². The van der Waals surface area contributed by atoms with Crippen molar-refractivity contribution in [3.63, 3.8) is 0 Å². The number of nitrogens with two attached hydrogens (primary N) is 3. The van der Waals surface area contributed by atoms with Gasteiger partial charge in [-0.25, -0.2) is 0 Å². The third-order valence-corrected chi connectivity index (χ3v) is 2.62. The average molecular weight is 291 g/mol. The van der Waals surface area contributed by atoms with Crippen LogP contribution in [0, 0.1) is 0 Å². The van der Waals surface area contributed by atoms with Crippen LogP contribution in [-0.4, -0.2) is 26.9 Å². The Labute approximate surface area is 128 Å². The van der Waals surface area contributed by atoms with Crippen molar-refractivity contribution in [1.82, 2.24) is 0 Å². The van der Waals surface area contributed by atoms with Crippen LogP contribution in [0.5, 0.6) is 0 Å². The number of Topliss-reactive ketones (excluding diaryl/α,β-unsaturated/α-hetero) is 1. The Kier molecular flexibility index (Phi) is 16.7. The van der Waals surface area contributed by atoms with E-state index < -0.39 is 0 Å². The monoisotopic (exact) mass is 291 g/mol. The number of carbonyl (C=O) groups is 1. The molecule has 1 aliphatic rings. The molecule has 2 rings (SSSR count). The Hall–Kier alpha value is -1.75. The Morgan fingerprint density at radius 2 is 1.57 bits per heavy atom. The first kappa shape index (κ1) is 21.5. The Morgan fingerprint density at radius 3 is 2.05 bits per heavy atom. The minimum atomic E-state index is 0.239. The van der Waals surface area contributed by atoms with Crippen molar-refractivity contribution < 1.29 is 4.79 Å². The summed E-state index contributed by atoms with van der Waals surface area (Å²) in [5, 5.41) is 0. The van der Waals surface area contributed by atoms with Crippen molar-refractivity contribution in [3.8, 4) is 0 Å². The van der Waals surface area contributed by atoms with Crippen LogP contribution in [0.4, 0.5) is 0 Å². The van der Waals surface area contributed by atoms with Crippen LogP contribution in [-0.2, 0) is 0 Å². The average Bonchev–Trinajstić information content (AvgIpc) is 3.12. The van der Waals surface area contributed by atoms with Crippen LogP contribution in [0.25, 0.3) is 0 Å². The minimum absolute atomic E-state index is 0.239. The van der Waals surface area contributed by atoms with E-state index in [1.165, 1.54) is 26.7 Å². The first-order valence-electron chi connectivity index (χ1n) is 7.02. The molecule has 0 atom stereocenters. The highest BCUT2D eigenvalue weighted by atomic mass is 16.1. The SMILES string of the molecule is CN.CN.CN.O=C(CCC1=CC=CC1)c1ccccc1. The van der Waals surface area contributed by atoms with Gasteiger partial charge in [-0.2, -0.15) is 0 Å². The van der Waals surface area contributed by atoms with Gasteiger partial charge in [-0.05, 0) is 34.0 Å². The Balaban J connectivity index is 0. The van der Waals surface area contributed by atoms with Crippen molar-refractivity contribution >= 4 is 5.78 Å². The first-order chi connectivity index (χ1) is 10.4. The summed E-state index contributed by atoms with van der Waals surface area (Å²) in [6, 6.07) is 9.50. The number of benzene rings is 1. The van der Waals surface area contributed by atoms with E-state index in [4.69, 9.17) is 0 Å². The largest absolute Gasteiger partial charge is 0.333 e. The fraction of sp³-hybridized carbons (Fsp3) is 0.353. The molecule has 118 valence electrons. The summed E-state index contributed by atoms with van der Waals surface area (Å²) < 4.78 is 0. The molecule has 0 bridgehead atoms. The molecule has 0 saturated carbocycles. The molecular formula is C17H29N3O.